The Hall–Kier alpha value is -5.80. The third kappa shape index (κ3) is 8.14. The summed E-state index contributed by atoms with van der Waals surface area (Å²) in [7, 11) is 4.75. The van der Waals surface area contributed by atoms with Crippen molar-refractivity contribution in [2.45, 2.75) is 138 Å². The minimum atomic E-state index is -2.61. The molecule has 1 spiro atoms. The Bertz CT molecular complexity index is 2780. The zero-order chi connectivity index (χ0) is 55.3. The molecule has 0 radical (unpaired) electrons. The van der Waals surface area contributed by atoms with E-state index >= 15 is 9.59 Å². The molecule has 3 aliphatic carbocycles. The van der Waals surface area contributed by atoms with Gasteiger partial charge in [-0.1, -0.05) is 57.2 Å². The van der Waals surface area contributed by atoms with Crippen molar-refractivity contribution in [1.29, 1.82) is 0 Å². The summed E-state index contributed by atoms with van der Waals surface area (Å²) >= 11 is 0. The number of allylic oxidation sites excluding steroid dienone is 2. The van der Waals surface area contributed by atoms with Gasteiger partial charge in [0.05, 0.1) is 37.8 Å². The standard InChI is InChI=1S/C58H77N7O13/c1-7-54(73)27-35-28-57(52(71)76-6,45-38(18-22-63(29-35)31-54)37-12-9-10-13-41(37)59-45)40-25-39-42(26-43(40)75-5)62(4)49-56(39)20-23-64-21-11-19-55(8-2,48(56)64)50(69)58(49,74)51(70)60-61-53(72)78-32-77-47(68)36-16-14-34(15-17-36)30-65-44(66)24-33(3)46(65)67/h9-13,19,25-26,33-37,41,48-50,59,69,73-74H,7-8,14-18,20-24,27-32H2,1-6H3,(H,60,70)(H,61,72)/t33?,34?,35-,36?,37?,41?,48-,49+,50+,54-,55+,56+,57-,58-/m0/s1. The smallest absolute Gasteiger partial charge is 0.428 e. The first-order valence-electron chi connectivity index (χ1n) is 28.2. The molecule has 1 aromatic carbocycles. The fourth-order valence-corrected chi connectivity index (χ4v) is 16.8. The van der Waals surface area contributed by atoms with E-state index in [0.29, 0.717) is 114 Å². The first kappa shape index (κ1) is 54.2. The molecule has 0 aromatic heterocycles. The van der Waals surface area contributed by atoms with Gasteiger partial charge in [-0.15, -0.1) is 0 Å². The highest BCUT2D eigenvalue weighted by atomic mass is 16.7. The van der Waals surface area contributed by atoms with Crippen LogP contribution in [-0.4, -0.2) is 169 Å². The summed E-state index contributed by atoms with van der Waals surface area (Å²) in [6, 6.07) is 2.23. The fourth-order valence-electron chi connectivity index (χ4n) is 16.8. The van der Waals surface area contributed by atoms with Crippen molar-refractivity contribution in [3.05, 3.63) is 71.0 Å². The first-order chi connectivity index (χ1) is 37.3. The van der Waals surface area contributed by atoms with Crippen LogP contribution in [0.25, 0.3) is 0 Å². The van der Waals surface area contributed by atoms with Crippen LogP contribution in [0.5, 0.6) is 5.75 Å². The van der Waals surface area contributed by atoms with Crippen LogP contribution < -0.4 is 25.8 Å². The Morgan fingerprint density at radius 2 is 1.69 bits per heavy atom. The topological polar surface area (TPSA) is 249 Å². The van der Waals surface area contributed by atoms with Crippen LogP contribution in [0, 0.1) is 35.0 Å². The highest BCUT2D eigenvalue weighted by Gasteiger charge is 2.79. The highest BCUT2D eigenvalue weighted by Crippen LogP contribution is 2.68. The van der Waals surface area contributed by atoms with E-state index in [9.17, 15) is 34.5 Å². The molecule has 78 heavy (non-hydrogen) atoms. The van der Waals surface area contributed by atoms with Gasteiger partial charge in [0.15, 0.2) is 5.60 Å². The number of likely N-dealkylation sites (tertiary alicyclic amines) is 1. The van der Waals surface area contributed by atoms with Crippen LogP contribution >= 0.6 is 0 Å². The SMILES string of the molecule is CC[C@]1(O)C[C@@H]2CN(CCC3=C(NC4C=CC=CC34)[C@@](C(=O)OC)(c3cc4c(cc3OC)N(C)[C@H]3[C@@](O)(C(=O)NNC(=O)OCOC(=O)C5CCC(CN6C(=O)CC(C)C6=O)CC5)[C@H](O)[C@]5(CC)C=CCN6CC[C@]43[C@@H]65)C2)C1. The maximum absolute atomic E-state index is 15.5. The van der Waals surface area contributed by atoms with Crippen molar-refractivity contribution >= 4 is 41.4 Å². The number of aliphatic hydroxyl groups excluding tert-OH is 1. The van der Waals surface area contributed by atoms with Crippen molar-refractivity contribution < 1.29 is 63.0 Å². The van der Waals surface area contributed by atoms with E-state index in [1.165, 1.54) is 12.0 Å². The quantitative estimate of drug-likeness (QED) is 0.0613. The average molecular weight is 1080 g/mol. The number of benzene rings is 1. The maximum atomic E-state index is 15.5. The lowest BCUT2D eigenvalue weighted by molar-refractivity contribution is -0.204. The number of ether oxygens (including phenoxy) is 4. The molecule has 10 aliphatic rings. The van der Waals surface area contributed by atoms with E-state index in [0.717, 1.165) is 16.8 Å². The number of piperidine rings is 1. The number of hydrazine groups is 1. The average Bonchev–Trinajstić information content (AvgIpc) is 4.32. The van der Waals surface area contributed by atoms with Crippen LogP contribution in [0.4, 0.5) is 10.5 Å². The number of esters is 2. The Balaban J connectivity index is 0.901. The molecular formula is C58H77N7O13. The summed E-state index contributed by atoms with van der Waals surface area (Å²) in [5.41, 5.74) is 1.08. The summed E-state index contributed by atoms with van der Waals surface area (Å²) in [5, 5.41) is 42.4. The number of rotatable bonds is 11. The van der Waals surface area contributed by atoms with Crippen molar-refractivity contribution in [3.63, 3.8) is 0 Å². The second-order valence-electron chi connectivity index (χ2n) is 24.2. The predicted molar refractivity (Wildman–Crippen MR) is 283 cm³/mol. The lowest BCUT2D eigenvalue weighted by Crippen LogP contribution is -2.82. The van der Waals surface area contributed by atoms with Gasteiger partial charge in [0.1, 0.15) is 17.3 Å². The molecular weight excluding hydrogens is 1000 g/mol. The molecule has 4 unspecified atom stereocenters. The fraction of sp³-hybridized carbons (Fsp3) is 0.655. The number of methoxy groups -OCH3 is 2. The molecule has 1 aromatic rings. The third-order valence-corrected chi connectivity index (χ3v) is 20.3. The van der Waals surface area contributed by atoms with Gasteiger partial charge in [-0.3, -0.25) is 44.1 Å². The van der Waals surface area contributed by atoms with Crippen LogP contribution in [-0.2, 0) is 49.0 Å². The number of nitrogens with zero attached hydrogens (tertiary/aromatic N) is 4. The molecule has 4 amide bonds. The summed E-state index contributed by atoms with van der Waals surface area (Å²) in [5.74, 6) is -2.98. The summed E-state index contributed by atoms with van der Waals surface area (Å²) in [6.45, 7) is 8.27. The summed E-state index contributed by atoms with van der Waals surface area (Å²) in [4.78, 5) is 89.6. The molecule has 7 aliphatic heterocycles. The van der Waals surface area contributed by atoms with Gasteiger partial charge in [0.2, 0.25) is 18.6 Å². The van der Waals surface area contributed by atoms with E-state index in [1.807, 2.05) is 55.2 Å². The van der Waals surface area contributed by atoms with Crippen molar-refractivity contribution in [1.82, 2.24) is 30.9 Å². The number of fused-ring (bicyclic) bond motifs is 5. The molecule has 20 nitrogen and oxygen atoms in total. The third-order valence-electron chi connectivity index (χ3n) is 20.3. The van der Waals surface area contributed by atoms with Gasteiger partial charge in [0, 0.05) is 97.9 Å². The number of aliphatic hydroxyl groups is 3. The van der Waals surface area contributed by atoms with Gasteiger partial charge in [-0.2, -0.15) is 0 Å². The number of anilines is 1. The minimum absolute atomic E-state index is 0.0422. The zero-order valence-electron chi connectivity index (χ0n) is 45.8. The van der Waals surface area contributed by atoms with Crippen molar-refractivity contribution in [2.24, 2.45) is 35.0 Å². The second-order valence-corrected chi connectivity index (χ2v) is 24.2. The Morgan fingerprint density at radius 3 is 2.40 bits per heavy atom. The highest BCUT2D eigenvalue weighted by molar-refractivity contribution is 6.03. The first-order valence-corrected chi connectivity index (χ1v) is 28.2. The van der Waals surface area contributed by atoms with Gasteiger partial charge < -0.3 is 44.5 Å². The van der Waals surface area contributed by atoms with Crippen LogP contribution in [0.3, 0.4) is 0 Å². The molecule has 422 valence electrons. The van der Waals surface area contributed by atoms with E-state index < -0.39 is 82.3 Å². The maximum Gasteiger partial charge on any atom is 0.428 e. The van der Waals surface area contributed by atoms with Gasteiger partial charge in [-0.05, 0) is 99.8 Å². The number of hydrogen-bond acceptors (Lipinski definition) is 17. The Morgan fingerprint density at radius 1 is 0.923 bits per heavy atom. The monoisotopic (exact) mass is 1080 g/mol. The number of likely N-dealkylation sites (N-methyl/N-ethyl adjacent to an activating group) is 1. The molecule has 2 bridgehead atoms. The summed E-state index contributed by atoms with van der Waals surface area (Å²) in [6.07, 6.45) is 14.5. The lowest BCUT2D eigenvalue weighted by Gasteiger charge is -2.63. The molecule has 20 heteroatoms. The minimum Gasteiger partial charge on any atom is -0.496 e. The number of hydrogen-bond donors (Lipinski definition) is 6. The molecule has 13 atom stereocenters. The Labute approximate surface area is 455 Å². The molecule has 2 saturated carbocycles. The normalized spacial score (nSPS) is 39.1. The Kier molecular flexibility index (Phi) is 13.9. The number of amides is 4. The van der Waals surface area contributed by atoms with E-state index in [-0.39, 0.29) is 54.4 Å². The van der Waals surface area contributed by atoms with Crippen molar-refractivity contribution in [3.8, 4) is 5.75 Å². The van der Waals surface area contributed by atoms with E-state index in [4.69, 9.17) is 18.9 Å². The van der Waals surface area contributed by atoms with Crippen LogP contribution in [0.2, 0.25) is 0 Å². The van der Waals surface area contributed by atoms with E-state index in [2.05, 4.69) is 38.1 Å². The van der Waals surface area contributed by atoms with Crippen LogP contribution in [0.1, 0.15) is 103 Å². The molecule has 6 N–H and O–H groups in total. The molecule has 3 saturated heterocycles. The zero-order valence-corrected chi connectivity index (χ0v) is 45.8. The molecule has 5 fully saturated rings. The number of imide groups is 1. The van der Waals surface area contributed by atoms with Gasteiger partial charge >= 0.3 is 18.0 Å². The number of carbonyl (C=O) groups excluding carboxylic acids is 6. The predicted octanol–water partition coefficient (Wildman–Crippen LogP) is 2.99. The molecule has 11 rings (SSSR count). The largest absolute Gasteiger partial charge is 0.496 e. The number of carbonyl (C=O) groups is 6. The van der Waals surface area contributed by atoms with E-state index in [1.54, 1.807) is 21.1 Å². The number of nitrogens with one attached hydrogen (secondary N) is 3. The van der Waals surface area contributed by atoms with Crippen molar-refractivity contribution in [2.75, 3.05) is 72.2 Å². The summed E-state index contributed by atoms with van der Waals surface area (Å²) < 4.78 is 22.9. The molecule has 7 heterocycles. The van der Waals surface area contributed by atoms with Gasteiger partial charge in [0.25, 0.3) is 5.91 Å². The van der Waals surface area contributed by atoms with Crippen LogP contribution in [0.15, 0.2) is 59.9 Å². The second kappa shape index (κ2) is 20.1. The van der Waals surface area contributed by atoms with Gasteiger partial charge in [-0.25, -0.2) is 10.2 Å². The lowest BCUT2D eigenvalue weighted by atomic mass is 9.47.